The van der Waals surface area contributed by atoms with E-state index in [1.165, 1.54) is 25.7 Å². The summed E-state index contributed by atoms with van der Waals surface area (Å²) in [5.74, 6) is 0. The van der Waals surface area contributed by atoms with Gasteiger partial charge in [-0.2, -0.15) is 5.10 Å². The van der Waals surface area contributed by atoms with E-state index in [1.807, 2.05) is 12.1 Å². The van der Waals surface area contributed by atoms with E-state index in [4.69, 9.17) is 23.2 Å². The fraction of sp³-hybridized carbons (Fsp3) is 0.400. The summed E-state index contributed by atoms with van der Waals surface area (Å²) in [6.45, 7) is 0.668. The van der Waals surface area contributed by atoms with Gasteiger partial charge in [0, 0.05) is 11.2 Å². The predicted molar refractivity (Wildman–Crippen MR) is 83.5 cm³/mol. The Morgan fingerprint density at radius 1 is 1.20 bits per heavy atom. The Morgan fingerprint density at radius 3 is 2.75 bits per heavy atom. The predicted octanol–water partition coefficient (Wildman–Crippen LogP) is 4.92. The SMILES string of the molecule is Clc1ccc(NCc2ccn(C3CCCC3)n2)c(Cl)c1. The fourth-order valence-electron chi connectivity index (χ4n) is 2.66. The van der Waals surface area contributed by atoms with Crippen LogP contribution in [-0.4, -0.2) is 9.78 Å². The molecule has 3 nitrogen and oxygen atoms in total. The summed E-state index contributed by atoms with van der Waals surface area (Å²) in [5, 5.41) is 9.21. The molecule has 0 bridgehead atoms. The third-order valence-corrected chi connectivity index (χ3v) is 4.30. The molecule has 2 aromatic rings. The van der Waals surface area contributed by atoms with Crippen molar-refractivity contribution in [3.8, 4) is 0 Å². The standard InChI is InChI=1S/C15H17Cl2N3/c16-11-5-6-15(14(17)9-11)18-10-12-7-8-20(19-12)13-3-1-2-4-13/h5-9,13,18H,1-4,10H2. The molecule has 0 amide bonds. The number of nitrogens with zero attached hydrogens (tertiary/aromatic N) is 2. The van der Waals surface area contributed by atoms with E-state index in [1.54, 1.807) is 6.07 Å². The molecule has 0 radical (unpaired) electrons. The quantitative estimate of drug-likeness (QED) is 0.869. The molecule has 1 saturated carbocycles. The Balaban J connectivity index is 1.63. The molecule has 1 aromatic carbocycles. The van der Waals surface area contributed by atoms with E-state index >= 15 is 0 Å². The van der Waals surface area contributed by atoms with E-state index in [-0.39, 0.29) is 0 Å². The zero-order valence-electron chi connectivity index (χ0n) is 11.1. The van der Waals surface area contributed by atoms with Crippen molar-refractivity contribution in [2.45, 2.75) is 38.3 Å². The largest absolute Gasteiger partial charge is 0.378 e. The minimum atomic E-state index is 0.586. The van der Waals surface area contributed by atoms with Gasteiger partial charge in [-0.05, 0) is 37.1 Å². The van der Waals surface area contributed by atoms with Crippen molar-refractivity contribution in [3.05, 3.63) is 46.2 Å². The van der Waals surface area contributed by atoms with Gasteiger partial charge in [0.15, 0.2) is 0 Å². The lowest BCUT2D eigenvalue weighted by Crippen LogP contribution is -2.07. The monoisotopic (exact) mass is 309 g/mol. The summed E-state index contributed by atoms with van der Waals surface area (Å²) in [6, 6.07) is 8.10. The molecule has 1 aromatic heterocycles. The van der Waals surface area contributed by atoms with Crippen LogP contribution in [0.4, 0.5) is 5.69 Å². The second-order valence-corrected chi connectivity index (χ2v) is 6.05. The first-order valence-electron chi connectivity index (χ1n) is 6.95. The maximum absolute atomic E-state index is 6.13. The second-order valence-electron chi connectivity index (χ2n) is 5.20. The van der Waals surface area contributed by atoms with Crippen LogP contribution in [0, 0.1) is 0 Å². The molecule has 1 aliphatic carbocycles. The topological polar surface area (TPSA) is 29.9 Å². The minimum absolute atomic E-state index is 0.586. The van der Waals surface area contributed by atoms with Crippen molar-refractivity contribution in [1.82, 2.24) is 9.78 Å². The number of rotatable bonds is 4. The fourth-order valence-corrected chi connectivity index (χ4v) is 3.14. The van der Waals surface area contributed by atoms with Crippen LogP contribution >= 0.6 is 23.2 Å². The highest BCUT2D eigenvalue weighted by Gasteiger charge is 2.17. The number of benzene rings is 1. The Hall–Kier alpha value is -1.19. The molecule has 0 atom stereocenters. The maximum Gasteiger partial charge on any atom is 0.0815 e. The van der Waals surface area contributed by atoms with Gasteiger partial charge < -0.3 is 5.32 Å². The van der Waals surface area contributed by atoms with Gasteiger partial charge in [-0.25, -0.2) is 0 Å². The lowest BCUT2D eigenvalue weighted by Gasteiger charge is -2.09. The smallest absolute Gasteiger partial charge is 0.0815 e. The summed E-state index contributed by atoms with van der Waals surface area (Å²) < 4.78 is 2.10. The average molecular weight is 310 g/mol. The van der Waals surface area contributed by atoms with Crippen molar-refractivity contribution >= 4 is 28.9 Å². The molecule has 0 saturated heterocycles. The molecular weight excluding hydrogens is 293 g/mol. The first-order valence-corrected chi connectivity index (χ1v) is 7.71. The molecule has 1 heterocycles. The van der Waals surface area contributed by atoms with E-state index in [0.717, 1.165) is 11.4 Å². The minimum Gasteiger partial charge on any atom is -0.378 e. The molecule has 1 N–H and O–H groups in total. The van der Waals surface area contributed by atoms with Crippen molar-refractivity contribution in [1.29, 1.82) is 0 Å². The van der Waals surface area contributed by atoms with Crippen LogP contribution in [0.5, 0.6) is 0 Å². The van der Waals surface area contributed by atoms with Crippen molar-refractivity contribution in [2.24, 2.45) is 0 Å². The lowest BCUT2D eigenvalue weighted by molar-refractivity contribution is 0.463. The molecule has 3 rings (SSSR count). The highest BCUT2D eigenvalue weighted by atomic mass is 35.5. The number of aromatic nitrogens is 2. The molecule has 1 fully saturated rings. The van der Waals surface area contributed by atoms with E-state index in [2.05, 4.69) is 27.4 Å². The van der Waals surface area contributed by atoms with Gasteiger partial charge in [0.1, 0.15) is 0 Å². The summed E-state index contributed by atoms with van der Waals surface area (Å²) >= 11 is 12.0. The molecule has 1 aliphatic rings. The highest BCUT2D eigenvalue weighted by molar-refractivity contribution is 6.36. The first-order chi connectivity index (χ1) is 9.72. The highest BCUT2D eigenvalue weighted by Crippen LogP contribution is 2.29. The summed E-state index contributed by atoms with van der Waals surface area (Å²) in [5.41, 5.74) is 1.91. The van der Waals surface area contributed by atoms with Gasteiger partial charge in [-0.15, -0.1) is 0 Å². The van der Waals surface area contributed by atoms with Crippen LogP contribution < -0.4 is 5.32 Å². The molecular formula is C15H17Cl2N3. The third-order valence-electron chi connectivity index (χ3n) is 3.75. The van der Waals surface area contributed by atoms with Crippen LogP contribution in [0.3, 0.4) is 0 Å². The number of halogens is 2. The number of hydrogen-bond acceptors (Lipinski definition) is 2. The summed E-state index contributed by atoms with van der Waals surface area (Å²) in [4.78, 5) is 0. The molecule has 106 valence electrons. The number of nitrogens with one attached hydrogen (secondary N) is 1. The zero-order valence-corrected chi connectivity index (χ0v) is 12.7. The number of anilines is 1. The Morgan fingerprint density at radius 2 is 2.00 bits per heavy atom. The van der Waals surface area contributed by atoms with Gasteiger partial charge in [0.25, 0.3) is 0 Å². The average Bonchev–Trinajstić information content (AvgIpc) is 3.08. The van der Waals surface area contributed by atoms with Crippen LogP contribution in [0.15, 0.2) is 30.5 Å². The van der Waals surface area contributed by atoms with Crippen molar-refractivity contribution in [2.75, 3.05) is 5.32 Å². The summed E-state index contributed by atoms with van der Waals surface area (Å²) in [7, 11) is 0. The van der Waals surface area contributed by atoms with Gasteiger partial charge in [0.2, 0.25) is 0 Å². The Bertz CT molecular complexity index is 589. The number of hydrogen-bond donors (Lipinski definition) is 1. The normalized spacial score (nSPS) is 15.7. The molecule has 0 aliphatic heterocycles. The van der Waals surface area contributed by atoms with E-state index < -0.39 is 0 Å². The first kappa shape index (κ1) is 13.8. The van der Waals surface area contributed by atoms with Crippen molar-refractivity contribution in [3.63, 3.8) is 0 Å². The van der Waals surface area contributed by atoms with Gasteiger partial charge in [0.05, 0.1) is 29.0 Å². The molecule has 5 heteroatoms. The lowest BCUT2D eigenvalue weighted by atomic mass is 10.3. The van der Waals surface area contributed by atoms with Crippen LogP contribution in [0.2, 0.25) is 10.0 Å². The Kier molecular flexibility index (Phi) is 4.18. The Labute approximate surface area is 128 Å². The van der Waals surface area contributed by atoms with Crippen LogP contribution in [-0.2, 0) is 6.54 Å². The third kappa shape index (κ3) is 3.10. The zero-order chi connectivity index (χ0) is 13.9. The van der Waals surface area contributed by atoms with E-state index in [9.17, 15) is 0 Å². The molecule has 0 unspecified atom stereocenters. The molecule has 20 heavy (non-hydrogen) atoms. The van der Waals surface area contributed by atoms with Crippen LogP contribution in [0.1, 0.15) is 37.4 Å². The van der Waals surface area contributed by atoms with Crippen LogP contribution in [0.25, 0.3) is 0 Å². The van der Waals surface area contributed by atoms with Gasteiger partial charge in [-0.3, -0.25) is 4.68 Å². The van der Waals surface area contributed by atoms with Gasteiger partial charge >= 0.3 is 0 Å². The van der Waals surface area contributed by atoms with E-state index in [0.29, 0.717) is 22.6 Å². The summed E-state index contributed by atoms with van der Waals surface area (Å²) in [6.07, 6.45) is 7.21. The second kappa shape index (κ2) is 6.06. The van der Waals surface area contributed by atoms with Crippen molar-refractivity contribution < 1.29 is 0 Å². The molecule has 0 spiro atoms. The maximum atomic E-state index is 6.13. The van der Waals surface area contributed by atoms with Gasteiger partial charge in [-0.1, -0.05) is 36.0 Å².